The van der Waals surface area contributed by atoms with Crippen LogP contribution in [-0.2, 0) is 11.2 Å². The number of thiazole rings is 1. The van der Waals surface area contributed by atoms with Crippen molar-refractivity contribution in [1.82, 2.24) is 10.3 Å². The first-order valence-electron chi connectivity index (χ1n) is 8.35. The second-order valence-corrected chi connectivity index (χ2v) is 6.85. The Balaban J connectivity index is 1.38. The molecular weight excluding hydrogens is 332 g/mol. The lowest BCUT2D eigenvalue weighted by atomic mass is 10.0. The molecule has 1 aromatic carbocycles. The molecule has 1 aromatic heterocycles. The van der Waals surface area contributed by atoms with Gasteiger partial charge in [-0.05, 0) is 0 Å². The van der Waals surface area contributed by atoms with Gasteiger partial charge in [-0.3, -0.25) is 4.79 Å². The van der Waals surface area contributed by atoms with Gasteiger partial charge in [-0.2, -0.15) is 10.2 Å². The highest BCUT2D eigenvalue weighted by atomic mass is 32.1. The quantitative estimate of drug-likeness (QED) is 0.697. The Morgan fingerprint density at radius 3 is 2.76 bits per heavy atom. The largest absolute Gasteiger partial charge is 0.356 e. The Morgan fingerprint density at radius 1 is 1.24 bits per heavy atom. The molecule has 1 N–H and O–H groups in total. The van der Waals surface area contributed by atoms with E-state index in [9.17, 15) is 4.79 Å². The van der Waals surface area contributed by atoms with Crippen LogP contribution < -0.4 is 5.32 Å². The monoisotopic (exact) mass is 352 g/mol. The average molecular weight is 352 g/mol. The van der Waals surface area contributed by atoms with E-state index in [0.717, 1.165) is 29.1 Å². The number of nitrogens with one attached hydrogen (secondary N) is 1. The summed E-state index contributed by atoms with van der Waals surface area (Å²) in [5.74, 6) is 2.62. The molecular formula is C19H20N4OS. The molecule has 0 saturated carbocycles. The van der Waals surface area contributed by atoms with Crippen molar-refractivity contribution in [3.63, 3.8) is 0 Å². The summed E-state index contributed by atoms with van der Waals surface area (Å²) in [5.41, 5.74) is 1.74. The van der Waals surface area contributed by atoms with E-state index in [2.05, 4.69) is 26.4 Å². The third-order valence-corrected chi connectivity index (χ3v) is 5.02. The number of carbonyl (C=O) groups excluding carboxylic acids is 1. The fraction of sp³-hybridized carbons (Fsp3) is 0.368. The normalized spacial score (nSPS) is 14.0. The Hall–Kier alpha value is -2.52. The standard InChI is InChI=1S/C19H20N4OS/c1-2-3-11-19(22-23-19)12-9-17(24)20-13-10-16-14-25-18(21-16)15-7-5-4-6-8-15/h1,4-8,14H,3,9-13H2,(H,20,24). The summed E-state index contributed by atoms with van der Waals surface area (Å²) < 4.78 is 0. The lowest BCUT2D eigenvalue weighted by Crippen LogP contribution is -2.27. The molecule has 0 fully saturated rings. The number of rotatable bonds is 9. The van der Waals surface area contributed by atoms with E-state index < -0.39 is 0 Å². The molecule has 0 bridgehead atoms. The number of benzene rings is 1. The molecule has 3 rings (SSSR count). The number of carbonyl (C=O) groups is 1. The maximum Gasteiger partial charge on any atom is 0.220 e. The lowest BCUT2D eigenvalue weighted by molar-refractivity contribution is -0.121. The molecule has 2 heterocycles. The third kappa shape index (κ3) is 4.97. The summed E-state index contributed by atoms with van der Waals surface area (Å²) in [6.07, 6.45) is 8.42. The molecule has 1 aliphatic rings. The molecule has 0 aliphatic carbocycles. The molecule has 2 aromatic rings. The number of terminal acetylenes is 1. The first-order chi connectivity index (χ1) is 12.2. The smallest absolute Gasteiger partial charge is 0.220 e. The Bertz CT molecular complexity index is 785. The molecule has 6 heteroatoms. The predicted molar refractivity (Wildman–Crippen MR) is 99.2 cm³/mol. The van der Waals surface area contributed by atoms with Crippen LogP contribution in [-0.4, -0.2) is 23.1 Å². The van der Waals surface area contributed by atoms with Crippen molar-refractivity contribution in [2.75, 3.05) is 6.54 Å². The summed E-state index contributed by atoms with van der Waals surface area (Å²) in [6.45, 7) is 0.586. The zero-order chi connectivity index (χ0) is 17.5. The zero-order valence-electron chi connectivity index (χ0n) is 13.9. The first-order valence-corrected chi connectivity index (χ1v) is 9.23. The topological polar surface area (TPSA) is 66.7 Å². The zero-order valence-corrected chi connectivity index (χ0v) is 14.8. The van der Waals surface area contributed by atoms with Crippen LogP contribution in [0.15, 0.2) is 45.9 Å². The van der Waals surface area contributed by atoms with E-state index in [1.54, 1.807) is 11.3 Å². The van der Waals surface area contributed by atoms with Crippen molar-refractivity contribution in [2.24, 2.45) is 10.2 Å². The van der Waals surface area contributed by atoms with Crippen LogP contribution in [0, 0.1) is 12.3 Å². The van der Waals surface area contributed by atoms with Crippen LogP contribution in [0.5, 0.6) is 0 Å². The van der Waals surface area contributed by atoms with Gasteiger partial charge in [-0.25, -0.2) is 4.98 Å². The van der Waals surface area contributed by atoms with Gasteiger partial charge in [0.25, 0.3) is 0 Å². The second kappa shape index (κ2) is 8.04. The number of amides is 1. The summed E-state index contributed by atoms with van der Waals surface area (Å²) in [5, 5.41) is 14.1. The molecule has 128 valence electrons. The van der Waals surface area contributed by atoms with Crippen LogP contribution in [0.25, 0.3) is 10.6 Å². The van der Waals surface area contributed by atoms with Gasteiger partial charge in [0.1, 0.15) is 5.01 Å². The van der Waals surface area contributed by atoms with E-state index in [-0.39, 0.29) is 11.6 Å². The number of aromatic nitrogens is 1. The second-order valence-electron chi connectivity index (χ2n) is 6.00. The van der Waals surface area contributed by atoms with Crippen molar-refractivity contribution in [3.8, 4) is 22.9 Å². The van der Waals surface area contributed by atoms with Crippen molar-refractivity contribution in [1.29, 1.82) is 0 Å². The fourth-order valence-corrected chi connectivity index (χ4v) is 3.40. The van der Waals surface area contributed by atoms with Gasteiger partial charge in [0.2, 0.25) is 5.91 Å². The van der Waals surface area contributed by atoms with Gasteiger partial charge in [0, 0.05) is 49.6 Å². The van der Waals surface area contributed by atoms with E-state index in [1.165, 1.54) is 0 Å². The van der Waals surface area contributed by atoms with E-state index in [4.69, 9.17) is 6.42 Å². The SMILES string of the molecule is C#CCCC1(CCC(=O)NCCc2csc(-c3ccccc3)n2)N=N1. The number of nitrogens with zero attached hydrogens (tertiary/aromatic N) is 3. The lowest BCUT2D eigenvalue weighted by Gasteiger charge is -2.08. The van der Waals surface area contributed by atoms with Crippen molar-refractivity contribution in [3.05, 3.63) is 41.4 Å². The Labute approximate surface area is 151 Å². The third-order valence-electron chi connectivity index (χ3n) is 4.08. The van der Waals surface area contributed by atoms with Crippen LogP contribution in [0.1, 0.15) is 31.4 Å². The highest BCUT2D eigenvalue weighted by Gasteiger charge is 2.39. The van der Waals surface area contributed by atoms with Crippen molar-refractivity contribution in [2.45, 2.75) is 37.8 Å². The average Bonchev–Trinajstić information content (AvgIpc) is 3.26. The molecule has 0 unspecified atom stereocenters. The van der Waals surface area contributed by atoms with Gasteiger partial charge in [-0.15, -0.1) is 23.7 Å². The van der Waals surface area contributed by atoms with Gasteiger partial charge in [-0.1, -0.05) is 30.3 Å². The van der Waals surface area contributed by atoms with Crippen LogP contribution in [0.4, 0.5) is 0 Å². The minimum Gasteiger partial charge on any atom is -0.356 e. The predicted octanol–water partition coefficient (Wildman–Crippen LogP) is 3.82. The molecule has 1 amide bonds. The highest BCUT2D eigenvalue weighted by molar-refractivity contribution is 7.13. The minimum atomic E-state index is -0.386. The minimum absolute atomic E-state index is 0.0240. The van der Waals surface area contributed by atoms with Gasteiger partial charge in [0.05, 0.1) is 5.69 Å². The van der Waals surface area contributed by atoms with Gasteiger partial charge in [0.15, 0.2) is 5.66 Å². The Kier molecular flexibility index (Phi) is 5.56. The molecule has 5 nitrogen and oxygen atoms in total. The van der Waals surface area contributed by atoms with E-state index >= 15 is 0 Å². The van der Waals surface area contributed by atoms with Crippen molar-refractivity contribution < 1.29 is 4.79 Å². The summed E-state index contributed by atoms with van der Waals surface area (Å²) in [4.78, 5) is 16.6. The van der Waals surface area contributed by atoms with E-state index in [1.807, 2.05) is 35.7 Å². The summed E-state index contributed by atoms with van der Waals surface area (Å²) in [6, 6.07) is 10.1. The van der Waals surface area contributed by atoms with Crippen LogP contribution in [0.3, 0.4) is 0 Å². The van der Waals surface area contributed by atoms with Crippen LogP contribution in [0.2, 0.25) is 0 Å². The van der Waals surface area contributed by atoms with Crippen molar-refractivity contribution >= 4 is 17.2 Å². The van der Waals surface area contributed by atoms with Crippen LogP contribution >= 0.6 is 11.3 Å². The highest BCUT2D eigenvalue weighted by Crippen LogP contribution is 2.37. The molecule has 25 heavy (non-hydrogen) atoms. The summed E-state index contributed by atoms with van der Waals surface area (Å²) in [7, 11) is 0. The van der Waals surface area contributed by atoms with Gasteiger partial charge >= 0.3 is 0 Å². The molecule has 0 spiro atoms. The fourth-order valence-electron chi connectivity index (χ4n) is 2.54. The Morgan fingerprint density at radius 2 is 2.04 bits per heavy atom. The molecule has 0 radical (unpaired) electrons. The molecule has 0 atom stereocenters. The molecule has 1 aliphatic heterocycles. The first kappa shape index (κ1) is 17.3. The van der Waals surface area contributed by atoms with E-state index in [0.29, 0.717) is 25.8 Å². The maximum absolute atomic E-state index is 12.0. The number of hydrogen-bond acceptors (Lipinski definition) is 5. The number of hydrogen-bond donors (Lipinski definition) is 1. The van der Waals surface area contributed by atoms with Gasteiger partial charge < -0.3 is 5.32 Å². The summed E-state index contributed by atoms with van der Waals surface area (Å²) >= 11 is 1.63. The maximum atomic E-state index is 12.0. The molecule has 0 saturated heterocycles.